The van der Waals surface area contributed by atoms with Crippen LogP contribution in [-0.2, 0) is 0 Å². The third-order valence-electron chi connectivity index (χ3n) is 1.50. The van der Waals surface area contributed by atoms with E-state index >= 15 is 0 Å². The second kappa shape index (κ2) is 7.81. The van der Waals surface area contributed by atoms with Crippen LogP contribution in [0.4, 0.5) is 0 Å². The topological polar surface area (TPSA) is 23.8 Å². The molecule has 0 aliphatic heterocycles. The Hall–Kier alpha value is -1.29. The first-order valence-corrected chi connectivity index (χ1v) is 4.15. The Kier molecular flexibility index (Phi) is 6.97. The summed E-state index contributed by atoms with van der Waals surface area (Å²) in [5.41, 5.74) is 1.10. The highest BCUT2D eigenvalue weighted by Crippen LogP contribution is 2.07. The van der Waals surface area contributed by atoms with Crippen LogP contribution in [0.1, 0.15) is 25.7 Å². The van der Waals surface area contributed by atoms with Gasteiger partial charge in [-0.3, -0.25) is 0 Å². The lowest BCUT2D eigenvalue weighted by Crippen LogP contribution is -1.78. The van der Waals surface area contributed by atoms with E-state index in [1.807, 2.05) is 12.2 Å². The van der Waals surface area contributed by atoms with Crippen LogP contribution in [0.15, 0.2) is 37.0 Å². The van der Waals surface area contributed by atoms with E-state index in [4.69, 9.17) is 5.26 Å². The summed E-state index contributed by atoms with van der Waals surface area (Å²) < 4.78 is 0. The van der Waals surface area contributed by atoms with Crippen LogP contribution in [0.2, 0.25) is 0 Å². The third kappa shape index (κ3) is 6.82. The van der Waals surface area contributed by atoms with E-state index in [1.165, 1.54) is 0 Å². The summed E-state index contributed by atoms with van der Waals surface area (Å²) >= 11 is 0. The molecule has 0 aromatic rings. The average Bonchev–Trinajstić information content (AvgIpc) is 2.09. The van der Waals surface area contributed by atoms with E-state index in [-0.39, 0.29) is 0 Å². The smallest absolute Gasteiger partial charge is 0.0621 e. The Balaban J connectivity index is 3.39. The Morgan fingerprint density at radius 2 is 2.17 bits per heavy atom. The summed E-state index contributed by atoms with van der Waals surface area (Å²) in [6.07, 6.45) is 9.22. The quantitative estimate of drug-likeness (QED) is 0.433. The number of unbranched alkanes of at least 4 members (excludes halogenated alkanes) is 2. The molecule has 0 rings (SSSR count). The zero-order chi connectivity index (χ0) is 9.23. The lowest BCUT2D eigenvalue weighted by molar-refractivity contribution is 0.756. The van der Waals surface area contributed by atoms with Crippen LogP contribution in [0.3, 0.4) is 0 Å². The molecule has 0 amide bonds. The lowest BCUT2D eigenvalue weighted by Gasteiger charge is -1.96. The molecule has 1 nitrogen and oxygen atoms in total. The van der Waals surface area contributed by atoms with Crippen molar-refractivity contribution in [1.82, 2.24) is 0 Å². The fraction of sp³-hybridized carbons (Fsp3) is 0.364. The zero-order valence-electron chi connectivity index (χ0n) is 7.42. The van der Waals surface area contributed by atoms with Gasteiger partial charge in [-0.2, -0.15) is 5.26 Å². The number of allylic oxidation sites excluding steroid dienone is 4. The molecule has 0 N–H and O–H groups in total. The summed E-state index contributed by atoms with van der Waals surface area (Å²) in [4.78, 5) is 0. The minimum Gasteiger partial charge on any atom is -0.198 e. The molecule has 0 aliphatic carbocycles. The second-order valence-electron chi connectivity index (χ2n) is 2.62. The highest BCUT2D eigenvalue weighted by molar-refractivity contribution is 5.17. The average molecular weight is 161 g/mol. The minimum absolute atomic E-state index is 0.651. The number of nitriles is 1. The molecular formula is C11H15N. The molecule has 64 valence electrons. The molecular weight excluding hydrogens is 146 g/mol. The molecule has 0 saturated carbocycles. The van der Waals surface area contributed by atoms with E-state index in [0.717, 1.165) is 24.8 Å². The lowest BCUT2D eigenvalue weighted by atomic mass is 10.1. The van der Waals surface area contributed by atoms with Gasteiger partial charge in [0.25, 0.3) is 0 Å². The second-order valence-corrected chi connectivity index (χ2v) is 2.62. The fourth-order valence-corrected chi connectivity index (χ4v) is 0.844. The molecule has 0 unspecified atom stereocenters. The van der Waals surface area contributed by atoms with Gasteiger partial charge in [0, 0.05) is 6.42 Å². The first kappa shape index (κ1) is 10.7. The van der Waals surface area contributed by atoms with Crippen LogP contribution in [0, 0.1) is 11.3 Å². The Morgan fingerprint density at radius 3 is 2.75 bits per heavy atom. The standard InChI is InChI=1S/C11H15N/c1-3-4-8-11(2)9-6-5-7-10-12/h3-4,8H,1-2,5-7,9H2/b8-4-. The van der Waals surface area contributed by atoms with Gasteiger partial charge in [-0.25, -0.2) is 0 Å². The normalized spacial score (nSPS) is 9.58. The van der Waals surface area contributed by atoms with Gasteiger partial charge < -0.3 is 0 Å². The summed E-state index contributed by atoms with van der Waals surface area (Å²) in [6, 6.07) is 2.12. The minimum atomic E-state index is 0.651. The predicted molar refractivity (Wildman–Crippen MR) is 52.6 cm³/mol. The number of hydrogen-bond donors (Lipinski definition) is 0. The first-order chi connectivity index (χ1) is 5.81. The summed E-state index contributed by atoms with van der Waals surface area (Å²) in [5, 5.41) is 8.27. The van der Waals surface area contributed by atoms with E-state index in [9.17, 15) is 0 Å². The zero-order valence-corrected chi connectivity index (χ0v) is 7.42. The van der Waals surface area contributed by atoms with Crippen LogP contribution in [-0.4, -0.2) is 0 Å². The maximum absolute atomic E-state index is 8.27. The molecule has 0 atom stereocenters. The van der Waals surface area contributed by atoms with Gasteiger partial charge in [0.15, 0.2) is 0 Å². The largest absolute Gasteiger partial charge is 0.198 e. The molecule has 0 fully saturated rings. The highest BCUT2D eigenvalue weighted by Gasteiger charge is 1.89. The maximum atomic E-state index is 8.27. The summed E-state index contributed by atoms with van der Waals surface area (Å²) in [7, 11) is 0. The van der Waals surface area contributed by atoms with Crippen molar-refractivity contribution in [3.63, 3.8) is 0 Å². The van der Waals surface area contributed by atoms with Crippen molar-refractivity contribution in [3.05, 3.63) is 37.0 Å². The molecule has 0 saturated heterocycles. The van der Waals surface area contributed by atoms with E-state index < -0.39 is 0 Å². The van der Waals surface area contributed by atoms with Crippen LogP contribution in [0.25, 0.3) is 0 Å². The fourth-order valence-electron chi connectivity index (χ4n) is 0.844. The molecule has 0 spiro atoms. The van der Waals surface area contributed by atoms with Gasteiger partial charge in [0.05, 0.1) is 6.07 Å². The van der Waals surface area contributed by atoms with Crippen molar-refractivity contribution in [2.45, 2.75) is 25.7 Å². The van der Waals surface area contributed by atoms with Crippen molar-refractivity contribution >= 4 is 0 Å². The van der Waals surface area contributed by atoms with E-state index in [1.54, 1.807) is 6.08 Å². The van der Waals surface area contributed by atoms with Crippen LogP contribution >= 0.6 is 0 Å². The molecule has 1 heteroatoms. The maximum Gasteiger partial charge on any atom is 0.0621 e. The SMILES string of the molecule is C=C/C=C\C(=C)CCCCC#N. The molecule has 0 aromatic heterocycles. The predicted octanol–water partition coefficient (Wildman–Crippen LogP) is 3.37. The van der Waals surface area contributed by atoms with Gasteiger partial charge in [-0.1, -0.05) is 37.0 Å². The Labute approximate surface area is 74.7 Å². The molecule has 0 aromatic carbocycles. The Morgan fingerprint density at radius 1 is 1.42 bits per heavy atom. The molecule has 0 aliphatic rings. The third-order valence-corrected chi connectivity index (χ3v) is 1.50. The number of nitrogens with zero attached hydrogens (tertiary/aromatic N) is 1. The van der Waals surface area contributed by atoms with Crippen molar-refractivity contribution in [1.29, 1.82) is 5.26 Å². The van der Waals surface area contributed by atoms with Gasteiger partial charge in [-0.15, -0.1) is 0 Å². The molecule has 0 heterocycles. The highest BCUT2D eigenvalue weighted by atomic mass is 14.2. The van der Waals surface area contributed by atoms with Gasteiger partial charge in [-0.05, 0) is 19.3 Å². The molecule has 0 radical (unpaired) electrons. The van der Waals surface area contributed by atoms with Gasteiger partial charge in [0.2, 0.25) is 0 Å². The van der Waals surface area contributed by atoms with Crippen LogP contribution in [0.5, 0.6) is 0 Å². The first-order valence-electron chi connectivity index (χ1n) is 4.15. The van der Waals surface area contributed by atoms with Crippen molar-refractivity contribution in [2.24, 2.45) is 0 Å². The Bertz CT molecular complexity index is 206. The van der Waals surface area contributed by atoms with E-state index in [0.29, 0.717) is 6.42 Å². The van der Waals surface area contributed by atoms with Crippen molar-refractivity contribution < 1.29 is 0 Å². The van der Waals surface area contributed by atoms with Gasteiger partial charge >= 0.3 is 0 Å². The number of rotatable bonds is 6. The summed E-state index contributed by atoms with van der Waals surface area (Å²) in [6.45, 7) is 7.44. The monoisotopic (exact) mass is 161 g/mol. The van der Waals surface area contributed by atoms with Gasteiger partial charge in [0.1, 0.15) is 0 Å². The van der Waals surface area contributed by atoms with Crippen LogP contribution < -0.4 is 0 Å². The molecule has 0 bridgehead atoms. The van der Waals surface area contributed by atoms with Crippen molar-refractivity contribution in [2.75, 3.05) is 0 Å². The van der Waals surface area contributed by atoms with Crippen molar-refractivity contribution in [3.8, 4) is 6.07 Å². The summed E-state index contributed by atoms with van der Waals surface area (Å²) in [5.74, 6) is 0. The molecule has 12 heavy (non-hydrogen) atoms. The van der Waals surface area contributed by atoms with E-state index in [2.05, 4.69) is 19.2 Å². The number of hydrogen-bond acceptors (Lipinski definition) is 1.